The Kier molecular flexibility index (Phi) is 6.79. The van der Waals surface area contributed by atoms with Crippen LogP contribution in [0.15, 0.2) is 0 Å². The highest BCUT2D eigenvalue weighted by Crippen LogP contribution is 2.21. The van der Waals surface area contributed by atoms with E-state index in [-0.39, 0.29) is 6.42 Å². The Morgan fingerprint density at radius 3 is 2.32 bits per heavy atom. The molecule has 0 aliphatic rings. The molecule has 19 heavy (non-hydrogen) atoms. The van der Waals surface area contributed by atoms with E-state index in [1.165, 1.54) is 14.0 Å². The zero-order valence-corrected chi connectivity index (χ0v) is 11.8. The number of rotatable bonds is 8. The average molecular weight is 284 g/mol. The Bertz CT molecular complexity index is 297. The molecule has 0 radical (unpaired) electrons. The predicted molar refractivity (Wildman–Crippen MR) is 67.1 cm³/mol. The molecule has 0 amide bonds. The van der Waals surface area contributed by atoms with Crippen LogP contribution >= 0.6 is 0 Å². The van der Waals surface area contributed by atoms with Crippen LogP contribution in [0.2, 0.25) is 0 Å². The highest BCUT2D eigenvalue weighted by molar-refractivity contribution is 5.78. The second-order valence-electron chi connectivity index (χ2n) is 5.15. The van der Waals surface area contributed by atoms with Crippen LogP contribution in [0.5, 0.6) is 0 Å². The second-order valence-corrected chi connectivity index (χ2v) is 5.15. The Hall–Kier alpha value is -0.820. The third-order valence-electron chi connectivity index (χ3n) is 3.12. The summed E-state index contributed by atoms with van der Waals surface area (Å²) in [4.78, 5) is 12.4. The van der Waals surface area contributed by atoms with Crippen molar-refractivity contribution in [1.29, 1.82) is 0 Å². The SMILES string of the molecule is CCCNC(C)(CC(C)N(C)CC(F)(F)F)C(=O)O. The molecule has 0 spiro atoms. The fraction of sp³-hybridized carbons (Fsp3) is 0.917. The lowest BCUT2D eigenvalue weighted by atomic mass is 9.93. The summed E-state index contributed by atoms with van der Waals surface area (Å²) in [5.41, 5.74) is -1.21. The van der Waals surface area contributed by atoms with Gasteiger partial charge in [0, 0.05) is 6.04 Å². The molecule has 0 aromatic heterocycles. The van der Waals surface area contributed by atoms with Crippen molar-refractivity contribution in [3.63, 3.8) is 0 Å². The van der Waals surface area contributed by atoms with E-state index in [9.17, 15) is 23.1 Å². The molecule has 7 heteroatoms. The number of nitrogens with zero attached hydrogens (tertiary/aromatic N) is 1. The zero-order valence-electron chi connectivity index (χ0n) is 11.8. The summed E-state index contributed by atoms with van der Waals surface area (Å²) in [5.74, 6) is -1.05. The fourth-order valence-corrected chi connectivity index (χ4v) is 1.82. The van der Waals surface area contributed by atoms with Gasteiger partial charge in [0.2, 0.25) is 0 Å². The molecule has 0 aromatic rings. The topological polar surface area (TPSA) is 52.6 Å². The maximum atomic E-state index is 12.3. The van der Waals surface area contributed by atoms with Gasteiger partial charge in [0.05, 0.1) is 6.54 Å². The van der Waals surface area contributed by atoms with Gasteiger partial charge < -0.3 is 10.4 Å². The molecule has 0 saturated heterocycles. The Balaban J connectivity index is 4.63. The van der Waals surface area contributed by atoms with Gasteiger partial charge in [0.1, 0.15) is 5.54 Å². The first-order valence-electron chi connectivity index (χ1n) is 6.27. The number of hydrogen-bond donors (Lipinski definition) is 2. The van der Waals surface area contributed by atoms with Crippen LogP contribution in [0.3, 0.4) is 0 Å². The van der Waals surface area contributed by atoms with Gasteiger partial charge in [-0.2, -0.15) is 13.2 Å². The van der Waals surface area contributed by atoms with Gasteiger partial charge in [0.15, 0.2) is 0 Å². The van der Waals surface area contributed by atoms with Crippen LogP contribution in [0.25, 0.3) is 0 Å². The van der Waals surface area contributed by atoms with E-state index in [2.05, 4.69) is 5.32 Å². The predicted octanol–water partition coefficient (Wildman–Crippen LogP) is 2.10. The molecule has 0 rings (SSSR count). The van der Waals surface area contributed by atoms with E-state index in [1.807, 2.05) is 6.92 Å². The molecular formula is C12H23F3N2O2. The Morgan fingerprint density at radius 2 is 1.95 bits per heavy atom. The largest absolute Gasteiger partial charge is 0.480 e. The number of carboxylic acid groups (broad SMARTS) is 1. The number of carbonyl (C=O) groups is 1. The molecule has 0 fully saturated rings. The smallest absolute Gasteiger partial charge is 0.401 e. The maximum Gasteiger partial charge on any atom is 0.401 e. The van der Waals surface area contributed by atoms with Gasteiger partial charge >= 0.3 is 12.1 Å². The van der Waals surface area contributed by atoms with Gasteiger partial charge in [-0.15, -0.1) is 0 Å². The minimum atomic E-state index is -4.28. The number of halogens is 3. The van der Waals surface area contributed by atoms with Gasteiger partial charge in [-0.1, -0.05) is 6.92 Å². The Morgan fingerprint density at radius 1 is 1.42 bits per heavy atom. The van der Waals surface area contributed by atoms with Crippen molar-refractivity contribution in [2.75, 3.05) is 20.1 Å². The molecule has 0 bridgehead atoms. The third-order valence-corrected chi connectivity index (χ3v) is 3.12. The first-order valence-corrected chi connectivity index (χ1v) is 6.27. The highest BCUT2D eigenvalue weighted by atomic mass is 19.4. The lowest BCUT2D eigenvalue weighted by Crippen LogP contribution is -2.54. The monoisotopic (exact) mass is 284 g/mol. The first kappa shape index (κ1) is 18.2. The molecule has 2 N–H and O–H groups in total. The molecule has 2 atom stereocenters. The van der Waals surface area contributed by atoms with Gasteiger partial charge in [-0.3, -0.25) is 9.69 Å². The molecule has 2 unspecified atom stereocenters. The Labute approximate surface area is 112 Å². The van der Waals surface area contributed by atoms with E-state index >= 15 is 0 Å². The summed E-state index contributed by atoms with van der Waals surface area (Å²) in [6.45, 7) is 4.47. The minimum Gasteiger partial charge on any atom is -0.480 e. The molecular weight excluding hydrogens is 261 g/mol. The molecule has 0 aliphatic carbocycles. The first-order chi connectivity index (χ1) is 8.52. The lowest BCUT2D eigenvalue weighted by Gasteiger charge is -2.33. The van der Waals surface area contributed by atoms with Gasteiger partial charge in [-0.05, 0) is 40.3 Å². The zero-order chi connectivity index (χ0) is 15.3. The van der Waals surface area contributed by atoms with E-state index in [4.69, 9.17) is 0 Å². The van der Waals surface area contributed by atoms with Crippen LogP contribution < -0.4 is 5.32 Å². The molecule has 0 saturated carbocycles. The van der Waals surface area contributed by atoms with Crippen LogP contribution in [0.1, 0.15) is 33.6 Å². The second kappa shape index (κ2) is 7.09. The van der Waals surface area contributed by atoms with Crippen molar-refractivity contribution in [3.8, 4) is 0 Å². The van der Waals surface area contributed by atoms with Crippen LogP contribution in [-0.2, 0) is 4.79 Å². The molecule has 0 aliphatic heterocycles. The number of carboxylic acids is 1. The van der Waals surface area contributed by atoms with E-state index < -0.39 is 30.3 Å². The molecule has 4 nitrogen and oxygen atoms in total. The summed E-state index contributed by atoms with van der Waals surface area (Å²) in [6, 6.07) is -0.493. The lowest BCUT2D eigenvalue weighted by molar-refractivity contribution is -0.150. The number of aliphatic carboxylic acids is 1. The van der Waals surface area contributed by atoms with Crippen molar-refractivity contribution in [2.45, 2.75) is 51.4 Å². The van der Waals surface area contributed by atoms with Crippen molar-refractivity contribution in [3.05, 3.63) is 0 Å². The van der Waals surface area contributed by atoms with Crippen molar-refractivity contribution < 1.29 is 23.1 Å². The highest BCUT2D eigenvalue weighted by Gasteiger charge is 2.37. The van der Waals surface area contributed by atoms with Crippen molar-refractivity contribution in [2.24, 2.45) is 0 Å². The summed E-state index contributed by atoms with van der Waals surface area (Å²) in [5, 5.41) is 12.1. The quantitative estimate of drug-likeness (QED) is 0.717. The van der Waals surface area contributed by atoms with Crippen LogP contribution in [0, 0.1) is 0 Å². The molecule has 0 heterocycles. The summed E-state index contributed by atoms with van der Waals surface area (Å²) >= 11 is 0. The summed E-state index contributed by atoms with van der Waals surface area (Å²) in [6.07, 6.45) is -3.41. The van der Waals surface area contributed by atoms with Crippen LogP contribution in [-0.4, -0.2) is 53.9 Å². The number of alkyl halides is 3. The fourth-order valence-electron chi connectivity index (χ4n) is 1.82. The summed E-state index contributed by atoms with van der Waals surface area (Å²) < 4.78 is 36.9. The van der Waals surface area contributed by atoms with E-state index in [1.54, 1.807) is 6.92 Å². The normalized spacial score (nSPS) is 17.3. The maximum absolute atomic E-state index is 12.3. The number of nitrogens with one attached hydrogen (secondary N) is 1. The molecule has 0 aromatic carbocycles. The van der Waals surface area contributed by atoms with Gasteiger partial charge in [0.25, 0.3) is 0 Å². The third kappa shape index (κ3) is 6.77. The van der Waals surface area contributed by atoms with E-state index in [0.29, 0.717) is 6.54 Å². The standard InChI is InChI=1S/C12H23F3N2O2/c1-5-6-16-11(3,10(18)19)7-9(2)17(4)8-12(13,14)15/h9,16H,5-8H2,1-4H3,(H,18,19). The minimum absolute atomic E-state index is 0.106. The summed E-state index contributed by atoms with van der Waals surface area (Å²) in [7, 11) is 1.35. The number of hydrogen-bond acceptors (Lipinski definition) is 3. The molecule has 114 valence electrons. The van der Waals surface area contributed by atoms with Gasteiger partial charge in [-0.25, -0.2) is 0 Å². The van der Waals surface area contributed by atoms with Crippen molar-refractivity contribution >= 4 is 5.97 Å². The van der Waals surface area contributed by atoms with Crippen molar-refractivity contribution in [1.82, 2.24) is 10.2 Å². The van der Waals surface area contributed by atoms with Crippen LogP contribution in [0.4, 0.5) is 13.2 Å². The average Bonchev–Trinajstić information content (AvgIpc) is 2.23. The van der Waals surface area contributed by atoms with E-state index in [0.717, 1.165) is 11.3 Å².